The molecule has 0 aliphatic carbocycles. The van der Waals surface area contributed by atoms with Gasteiger partial charge in [0.15, 0.2) is 5.84 Å². The van der Waals surface area contributed by atoms with Crippen LogP contribution in [0.4, 0.5) is 5.69 Å². The van der Waals surface area contributed by atoms with E-state index in [-0.39, 0.29) is 11.7 Å². The fraction of sp³-hybridized carbons (Fsp3) is 0. The molecule has 2 aromatic rings. The second-order valence-electron chi connectivity index (χ2n) is 4.12. The highest BCUT2D eigenvalue weighted by Gasteiger charge is 2.13. The lowest BCUT2D eigenvalue weighted by atomic mass is 10.1. The summed E-state index contributed by atoms with van der Waals surface area (Å²) in [6, 6.07) is 11.7. The molecule has 0 atom stereocenters. The van der Waals surface area contributed by atoms with Crippen LogP contribution >= 0.6 is 27.5 Å². The van der Waals surface area contributed by atoms with E-state index in [1.165, 1.54) is 0 Å². The molecular weight excluding hydrogens is 358 g/mol. The number of nitrogens with two attached hydrogens (primary N) is 1. The van der Waals surface area contributed by atoms with Crippen molar-refractivity contribution >= 4 is 45.0 Å². The second-order valence-corrected chi connectivity index (χ2v) is 5.35. The Bertz CT molecular complexity index is 719. The number of halogens is 2. The van der Waals surface area contributed by atoms with Crippen molar-refractivity contribution < 1.29 is 10.0 Å². The average molecular weight is 369 g/mol. The predicted octanol–water partition coefficient (Wildman–Crippen LogP) is 3.45. The Morgan fingerprint density at radius 3 is 2.71 bits per heavy atom. The van der Waals surface area contributed by atoms with Gasteiger partial charge in [0.05, 0.1) is 10.6 Å². The van der Waals surface area contributed by atoms with Crippen LogP contribution in [0.15, 0.2) is 52.1 Å². The SMILES string of the molecule is N/C(=N/O)c1cccc(NC(=O)c2cccc(Br)c2Cl)c1. The summed E-state index contributed by atoms with van der Waals surface area (Å²) in [4.78, 5) is 12.2. The van der Waals surface area contributed by atoms with Gasteiger partial charge in [-0.1, -0.05) is 35.0 Å². The molecule has 7 heteroatoms. The number of nitrogens with one attached hydrogen (secondary N) is 1. The van der Waals surface area contributed by atoms with E-state index in [9.17, 15) is 4.79 Å². The maximum absolute atomic E-state index is 12.2. The number of carbonyl (C=O) groups excluding carboxylic acids is 1. The van der Waals surface area contributed by atoms with Gasteiger partial charge in [-0.2, -0.15) is 0 Å². The Hall–Kier alpha value is -2.05. The highest BCUT2D eigenvalue weighted by atomic mass is 79.9. The first-order valence-electron chi connectivity index (χ1n) is 5.86. The van der Waals surface area contributed by atoms with Gasteiger partial charge in [-0.3, -0.25) is 4.79 Å². The van der Waals surface area contributed by atoms with Crippen LogP contribution < -0.4 is 11.1 Å². The lowest BCUT2D eigenvalue weighted by molar-refractivity contribution is 0.102. The maximum Gasteiger partial charge on any atom is 0.257 e. The van der Waals surface area contributed by atoms with Crippen molar-refractivity contribution in [2.45, 2.75) is 0 Å². The molecule has 2 rings (SSSR count). The minimum atomic E-state index is -0.349. The van der Waals surface area contributed by atoms with Gasteiger partial charge in [0.25, 0.3) is 5.91 Å². The van der Waals surface area contributed by atoms with E-state index in [1.54, 1.807) is 42.5 Å². The first-order valence-corrected chi connectivity index (χ1v) is 7.03. The third-order valence-electron chi connectivity index (χ3n) is 2.72. The normalized spacial score (nSPS) is 11.2. The van der Waals surface area contributed by atoms with E-state index in [2.05, 4.69) is 26.4 Å². The zero-order chi connectivity index (χ0) is 15.4. The summed E-state index contributed by atoms with van der Waals surface area (Å²) in [6.45, 7) is 0. The molecule has 0 unspecified atom stereocenters. The van der Waals surface area contributed by atoms with Crippen LogP contribution in [0.3, 0.4) is 0 Å². The number of amidine groups is 1. The number of hydrogen-bond donors (Lipinski definition) is 3. The molecule has 0 spiro atoms. The highest BCUT2D eigenvalue weighted by Crippen LogP contribution is 2.26. The van der Waals surface area contributed by atoms with Crippen molar-refractivity contribution in [2.75, 3.05) is 5.32 Å². The first-order chi connectivity index (χ1) is 10.0. The van der Waals surface area contributed by atoms with Gasteiger partial charge < -0.3 is 16.3 Å². The molecule has 1 amide bonds. The number of amides is 1. The Morgan fingerprint density at radius 2 is 2.00 bits per heavy atom. The van der Waals surface area contributed by atoms with Crippen LogP contribution in [0.1, 0.15) is 15.9 Å². The number of benzene rings is 2. The van der Waals surface area contributed by atoms with E-state index in [1.807, 2.05) is 0 Å². The van der Waals surface area contributed by atoms with Crippen molar-refractivity contribution in [3.05, 3.63) is 63.1 Å². The smallest absolute Gasteiger partial charge is 0.257 e. The molecule has 0 radical (unpaired) electrons. The van der Waals surface area contributed by atoms with Gasteiger partial charge in [0.2, 0.25) is 0 Å². The molecule has 5 nitrogen and oxygen atoms in total. The average Bonchev–Trinajstić information content (AvgIpc) is 2.49. The van der Waals surface area contributed by atoms with Gasteiger partial charge in [-0.05, 0) is 40.2 Å². The van der Waals surface area contributed by atoms with Crippen LogP contribution in [-0.4, -0.2) is 17.0 Å². The van der Waals surface area contributed by atoms with E-state index >= 15 is 0 Å². The van der Waals surface area contributed by atoms with Crippen molar-refractivity contribution in [2.24, 2.45) is 10.9 Å². The summed E-state index contributed by atoms with van der Waals surface area (Å²) < 4.78 is 0.641. The van der Waals surface area contributed by atoms with Gasteiger partial charge in [-0.15, -0.1) is 0 Å². The zero-order valence-electron chi connectivity index (χ0n) is 10.7. The topological polar surface area (TPSA) is 87.7 Å². The monoisotopic (exact) mass is 367 g/mol. The maximum atomic E-state index is 12.2. The number of hydrogen-bond acceptors (Lipinski definition) is 3. The quantitative estimate of drug-likeness (QED) is 0.335. The van der Waals surface area contributed by atoms with Gasteiger partial charge >= 0.3 is 0 Å². The molecule has 0 aliphatic heterocycles. The van der Waals surface area contributed by atoms with Crippen LogP contribution in [0.25, 0.3) is 0 Å². The Labute approximate surface area is 134 Å². The fourth-order valence-electron chi connectivity index (χ4n) is 1.69. The zero-order valence-corrected chi connectivity index (χ0v) is 13.0. The summed E-state index contributed by atoms with van der Waals surface area (Å²) >= 11 is 9.35. The largest absolute Gasteiger partial charge is 0.409 e. The van der Waals surface area contributed by atoms with Crippen LogP contribution in [0.5, 0.6) is 0 Å². The summed E-state index contributed by atoms with van der Waals surface area (Å²) in [6.07, 6.45) is 0. The molecule has 4 N–H and O–H groups in total. The Balaban J connectivity index is 2.26. The van der Waals surface area contributed by atoms with Crippen LogP contribution in [0, 0.1) is 0 Å². The molecule has 0 heterocycles. The Kier molecular flexibility index (Phi) is 4.82. The van der Waals surface area contributed by atoms with Crippen molar-refractivity contribution in [3.8, 4) is 0 Å². The summed E-state index contributed by atoms with van der Waals surface area (Å²) in [7, 11) is 0. The number of carbonyl (C=O) groups is 1. The van der Waals surface area contributed by atoms with Gasteiger partial charge in [-0.25, -0.2) is 0 Å². The summed E-state index contributed by atoms with van der Waals surface area (Å²) in [5.74, 6) is -0.385. The van der Waals surface area contributed by atoms with Crippen molar-refractivity contribution in [1.82, 2.24) is 0 Å². The molecule has 0 fully saturated rings. The third kappa shape index (κ3) is 3.53. The minimum Gasteiger partial charge on any atom is -0.409 e. The van der Waals surface area contributed by atoms with Gasteiger partial charge in [0.1, 0.15) is 0 Å². The molecule has 0 aliphatic rings. The molecule has 0 bridgehead atoms. The molecule has 108 valence electrons. The lowest BCUT2D eigenvalue weighted by Gasteiger charge is -2.09. The number of anilines is 1. The van der Waals surface area contributed by atoms with Gasteiger partial charge in [0, 0.05) is 15.7 Å². The van der Waals surface area contributed by atoms with Crippen molar-refractivity contribution in [3.63, 3.8) is 0 Å². The third-order valence-corrected chi connectivity index (χ3v) is 4.02. The molecular formula is C14H11BrClN3O2. The van der Waals surface area contributed by atoms with E-state index in [0.717, 1.165) is 0 Å². The lowest BCUT2D eigenvalue weighted by Crippen LogP contribution is -2.15. The molecule has 21 heavy (non-hydrogen) atoms. The Morgan fingerprint density at radius 1 is 1.29 bits per heavy atom. The standard InChI is InChI=1S/C14H11BrClN3O2/c15-11-6-2-5-10(12(11)16)14(20)18-9-4-1-3-8(7-9)13(17)19-21/h1-7,21H,(H2,17,19)(H,18,20). The summed E-state index contributed by atoms with van der Waals surface area (Å²) in [5.41, 5.74) is 6.87. The first kappa shape index (κ1) is 15.3. The van der Waals surface area contributed by atoms with E-state index in [0.29, 0.717) is 26.3 Å². The predicted molar refractivity (Wildman–Crippen MR) is 86.1 cm³/mol. The summed E-state index contributed by atoms with van der Waals surface area (Å²) in [5, 5.41) is 14.6. The number of nitrogens with zero attached hydrogens (tertiary/aromatic N) is 1. The van der Waals surface area contributed by atoms with E-state index < -0.39 is 0 Å². The molecule has 0 saturated carbocycles. The highest BCUT2D eigenvalue weighted by molar-refractivity contribution is 9.10. The van der Waals surface area contributed by atoms with E-state index in [4.69, 9.17) is 22.5 Å². The van der Waals surface area contributed by atoms with Crippen LogP contribution in [0.2, 0.25) is 5.02 Å². The number of oxime groups is 1. The minimum absolute atomic E-state index is 0.0356. The molecule has 0 saturated heterocycles. The van der Waals surface area contributed by atoms with Crippen molar-refractivity contribution in [1.29, 1.82) is 0 Å². The number of rotatable bonds is 3. The fourth-order valence-corrected chi connectivity index (χ4v) is 2.27. The molecule has 0 aromatic heterocycles. The second kappa shape index (κ2) is 6.60. The molecule has 2 aromatic carbocycles. The van der Waals surface area contributed by atoms with Crippen LogP contribution in [-0.2, 0) is 0 Å².